The Morgan fingerprint density at radius 3 is 2.59 bits per heavy atom. The van der Waals surface area contributed by atoms with E-state index < -0.39 is 0 Å². The molecule has 0 spiro atoms. The van der Waals surface area contributed by atoms with Crippen molar-refractivity contribution in [3.63, 3.8) is 0 Å². The highest BCUT2D eigenvalue weighted by Crippen LogP contribution is 2.04. The zero-order chi connectivity index (χ0) is 13.1. The van der Waals surface area contributed by atoms with E-state index in [1.54, 1.807) is 7.11 Å². The molecule has 2 unspecified atom stereocenters. The fourth-order valence-electron chi connectivity index (χ4n) is 1.66. The summed E-state index contributed by atoms with van der Waals surface area (Å²) >= 11 is 0. The Balaban J connectivity index is 4.22. The molecule has 0 saturated heterocycles. The lowest BCUT2D eigenvalue weighted by molar-refractivity contribution is 0.119. The number of nitrogens with one attached hydrogen (secondary N) is 1. The minimum Gasteiger partial charge on any atom is -0.383 e. The fourth-order valence-corrected chi connectivity index (χ4v) is 1.66. The number of nitrogens with zero attached hydrogens (tertiary/aromatic N) is 2. The van der Waals surface area contributed by atoms with Crippen LogP contribution in [-0.2, 0) is 4.74 Å². The van der Waals surface area contributed by atoms with E-state index in [-0.39, 0.29) is 6.04 Å². The lowest BCUT2D eigenvalue weighted by atomic mass is 10.2. The van der Waals surface area contributed by atoms with Crippen molar-refractivity contribution < 1.29 is 4.74 Å². The summed E-state index contributed by atoms with van der Waals surface area (Å²) in [6.45, 7) is 9.76. The molecule has 100 valence electrons. The fraction of sp³-hybridized carbons (Fsp3) is 0.923. The summed E-state index contributed by atoms with van der Waals surface area (Å²) in [5.41, 5.74) is 0. The van der Waals surface area contributed by atoms with Crippen molar-refractivity contribution in [1.82, 2.24) is 10.2 Å². The summed E-state index contributed by atoms with van der Waals surface area (Å²) in [4.78, 5) is 2.32. The standard InChI is InChI=1S/C13H27N3O/c1-5-7-15-13(10-14)11-16(8-9-17-4)12(3)6-2/h12-13,15H,5-9,11H2,1-4H3. The van der Waals surface area contributed by atoms with E-state index in [9.17, 15) is 0 Å². The minimum absolute atomic E-state index is 0.0826. The Morgan fingerprint density at radius 1 is 1.41 bits per heavy atom. The van der Waals surface area contributed by atoms with Crippen molar-refractivity contribution in [1.29, 1.82) is 5.26 Å². The molecule has 4 nitrogen and oxygen atoms in total. The third-order valence-corrected chi connectivity index (χ3v) is 3.01. The van der Waals surface area contributed by atoms with E-state index in [0.717, 1.165) is 39.1 Å². The second-order valence-electron chi connectivity index (χ2n) is 4.38. The highest BCUT2D eigenvalue weighted by atomic mass is 16.5. The van der Waals surface area contributed by atoms with Crippen LogP contribution in [0.15, 0.2) is 0 Å². The molecule has 0 radical (unpaired) electrons. The van der Waals surface area contributed by atoms with Crippen LogP contribution in [0, 0.1) is 11.3 Å². The van der Waals surface area contributed by atoms with Gasteiger partial charge in [-0.15, -0.1) is 0 Å². The average Bonchev–Trinajstić information content (AvgIpc) is 2.37. The monoisotopic (exact) mass is 241 g/mol. The molecular weight excluding hydrogens is 214 g/mol. The number of rotatable bonds is 10. The van der Waals surface area contributed by atoms with Crippen LogP contribution in [0.25, 0.3) is 0 Å². The molecule has 0 amide bonds. The van der Waals surface area contributed by atoms with Crippen molar-refractivity contribution in [2.75, 3.05) is 33.4 Å². The largest absolute Gasteiger partial charge is 0.383 e. The Hall–Kier alpha value is -0.630. The molecule has 0 saturated carbocycles. The number of ether oxygens (including phenoxy) is 1. The highest BCUT2D eigenvalue weighted by molar-refractivity contribution is 4.92. The molecule has 0 bridgehead atoms. The Kier molecular flexibility index (Phi) is 10.1. The molecule has 2 atom stereocenters. The lowest BCUT2D eigenvalue weighted by Gasteiger charge is -2.30. The van der Waals surface area contributed by atoms with Crippen LogP contribution in [-0.4, -0.2) is 50.3 Å². The van der Waals surface area contributed by atoms with E-state index in [0.29, 0.717) is 6.04 Å². The van der Waals surface area contributed by atoms with Gasteiger partial charge in [0.25, 0.3) is 0 Å². The Morgan fingerprint density at radius 2 is 2.12 bits per heavy atom. The molecule has 0 rings (SSSR count). The zero-order valence-corrected chi connectivity index (χ0v) is 11.7. The molecule has 1 N–H and O–H groups in total. The summed E-state index contributed by atoms with van der Waals surface area (Å²) in [6.07, 6.45) is 2.15. The van der Waals surface area contributed by atoms with Gasteiger partial charge in [-0.3, -0.25) is 4.90 Å². The van der Waals surface area contributed by atoms with Crippen LogP contribution in [0.1, 0.15) is 33.6 Å². The molecule has 0 aliphatic heterocycles. The van der Waals surface area contributed by atoms with E-state index >= 15 is 0 Å². The maximum absolute atomic E-state index is 9.11. The summed E-state index contributed by atoms with van der Waals surface area (Å²) in [5.74, 6) is 0. The lowest BCUT2D eigenvalue weighted by Crippen LogP contribution is -2.45. The summed E-state index contributed by atoms with van der Waals surface area (Å²) < 4.78 is 5.12. The number of nitriles is 1. The van der Waals surface area contributed by atoms with Crippen LogP contribution in [0.2, 0.25) is 0 Å². The van der Waals surface area contributed by atoms with Gasteiger partial charge in [0, 0.05) is 26.2 Å². The molecule has 0 aliphatic rings. The quantitative estimate of drug-likeness (QED) is 0.631. The summed E-state index contributed by atoms with van der Waals surface area (Å²) in [6, 6.07) is 2.74. The van der Waals surface area contributed by atoms with Crippen LogP contribution >= 0.6 is 0 Å². The molecule has 0 fully saturated rings. The number of hydrogen-bond acceptors (Lipinski definition) is 4. The average molecular weight is 241 g/mol. The second-order valence-corrected chi connectivity index (χ2v) is 4.38. The van der Waals surface area contributed by atoms with Gasteiger partial charge >= 0.3 is 0 Å². The smallest absolute Gasteiger partial charge is 0.108 e. The highest BCUT2D eigenvalue weighted by Gasteiger charge is 2.16. The second kappa shape index (κ2) is 10.5. The minimum atomic E-state index is -0.0826. The van der Waals surface area contributed by atoms with Crippen LogP contribution in [0.4, 0.5) is 0 Å². The van der Waals surface area contributed by atoms with Crippen molar-refractivity contribution >= 4 is 0 Å². The number of methoxy groups -OCH3 is 1. The zero-order valence-electron chi connectivity index (χ0n) is 11.7. The van der Waals surface area contributed by atoms with E-state index in [2.05, 4.69) is 37.1 Å². The molecule has 17 heavy (non-hydrogen) atoms. The normalized spacial score (nSPS) is 14.6. The molecule has 0 aromatic heterocycles. The van der Waals surface area contributed by atoms with Gasteiger partial charge in [0.05, 0.1) is 12.7 Å². The van der Waals surface area contributed by atoms with Gasteiger partial charge in [-0.2, -0.15) is 5.26 Å². The first-order chi connectivity index (χ1) is 8.19. The van der Waals surface area contributed by atoms with Gasteiger partial charge in [-0.1, -0.05) is 13.8 Å². The molecule has 0 heterocycles. The molecule has 0 aromatic carbocycles. The predicted octanol–water partition coefficient (Wildman–Crippen LogP) is 1.63. The van der Waals surface area contributed by atoms with Crippen LogP contribution < -0.4 is 5.32 Å². The van der Waals surface area contributed by atoms with Gasteiger partial charge in [-0.05, 0) is 26.3 Å². The van der Waals surface area contributed by atoms with Crippen molar-refractivity contribution in [2.24, 2.45) is 0 Å². The maximum Gasteiger partial charge on any atom is 0.108 e. The summed E-state index contributed by atoms with van der Waals surface area (Å²) in [5, 5.41) is 12.4. The van der Waals surface area contributed by atoms with Gasteiger partial charge in [-0.25, -0.2) is 0 Å². The SMILES string of the molecule is CCCNC(C#N)CN(CCOC)C(C)CC. The van der Waals surface area contributed by atoms with Crippen molar-refractivity contribution in [3.8, 4) is 6.07 Å². The van der Waals surface area contributed by atoms with Gasteiger partial charge < -0.3 is 10.1 Å². The molecule has 4 heteroatoms. The molecular formula is C13H27N3O. The van der Waals surface area contributed by atoms with E-state index in [1.165, 1.54) is 0 Å². The number of hydrogen-bond donors (Lipinski definition) is 1. The van der Waals surface area contributed by atoms with Crippen LogP contribution in [0.5, 0.6) is 0 Å². The van der Waals surface area contributed by atoms with Crippen molar-refractivity contribution in [3.05, 3.63) is 0 Å². The Labute approximate surface area is 106 Å². The van der Waals surface area contributed by atoms with Crippen molar-refractivity contribution in [2.45, 2.75) is 45.7 Å². The molecule has 0 aromatic rings. The van der Waals surface area contributed by atoms with Crippen LogP contribution in [0.3, 0.4) is 0 Å². The first-order valence-corrected chi connectivity index (χ1v) is 6.55. The van der Waals surface area contributed by atoms with Gasteiger partial charge in [0.2, 0.25) is 0 Å². The Bertz CT molecular complexity index is 215. The third kappa shape index (κ3) is 7.32. The summed E-state index contributed by atoms with van der Waals surface area (Å²) in [7, 11) is 1.71. The first kappa shape index (κ1) is 16.4. The molecule has 0 aliphatic carbocycles. The van der Waals surface area contributed by atoms with Gasteiger partial charge in [0.1, 0.15) is 6.04 Å². The first-order valence-electron chi connectivity index (χ1n) is 6.55. The van der Waals surface area contributed by atoms with E-state index in [4.69, 9.17) is 10.00 Å². The third-order valence-electron chi connectivity index (χ3n) is 3.01. The predicted molar refractivity (Wildman–Crippen MR) is 70.9 cm³/mol. The van der Waals surface area contributed by atoms with Gasteiger partial charge in [0.15, 0.2) is 0 Å². The van der Waals surface area contributed by atoms with E-state index in [1.807, 2.05) is 0 Å². The topological polar surface area (TPSA) is 48.3 Å². The maximum atomic E-state index is 9.11.